The van der Waals surface area contributed by atoms with Gasteiger partial charge in [0.2, 0.25) is 0 Å². The van der Waals surface area contributed by atoms with Crippen molar-refractivity contribution in [1.29, 1.82) is 0 Å². The predicted molar refractivity (Wildman–Crippen MR) is 41.7 cm³/mol. The molecule has 1 unspecified atom stereocenters. The van der Waals surface area contributed by atoms with E-state index >= 15 is 0 Å². The fourth-order valence-corrected chi connectivity index (χ4v) is 1.38. The summed E-state index contributed by atoms with van der Waals surface area (Å²) in [5.74, 6) is -0.189. The Bertz CT molecular complexity index is 184. The molecular weight excluding hydrogens is 148 g/mol. The summed E-state index contributed by atoms with van der Waals surface area (Å²) in [5.41, 5.74) is 0. The molecule has 0 spiro atoms. The molecule has 0 bridgehead atoms. The van der Waals surface area contributed by atoms with Crippen LogP contribution in [-0.2, 0) is 9.53 Å². The van der Waals surface area contributed by atoms with Gasteiger partial charge in [-0.05, 0) is 5.41 Å². The van der Waals surface area contributed by atoms with Crippen LogP contribution in [0.15, 0.2) is 23.6 Å². The second kappa shape index (κ2) is 3.46. The quantitative estimate of drug-likeness (QED) is 0.536. The van der Waals surface area contributed by atoms with Gasteiger partial charge in [-0.25, -0.2) is 0 Å². The first-order valence-corrected chi connectivity index (χ1v) is 3.85. The van der Waals surface area contributed by atoms with Crippen molar-refractivity contribution in [2.24, 2.45) is 0 Å². The average Bonchev–Trinajstić information content (AvgIpc) is 2.05. The van der Waals surface area contributed by atoms with Crippen LogP contribution in [0.5, 0.6) is 0 Å². The Morgan fingerprint density at radius 1 is 1.60 bits per heavy atom. The average molecular weight is 156 g/mol. The molecule has 10 heavy (non-hydrogen) atoms. The summed E-state index contributed by atoms with van der Waals surface area (Å²) in [7, 11) is 1.40. The minimum absolute atomic E-state index is 0.144. The van der Waals surface area contributed by atoms with E-state index in [1.54, 1.807) is 0 Å². The van der Waals surface area contributed by atoms with Gasteiger partial charge in [0.1, 0.15) is 5.25 Å². The zero-order valence-corrected chi connectivity index (χ0v) is 6.43. The van der Waals surface area contributed by atoms with Crippen LogP contribution in [0.3, 0.4) is 0 Å². The number of hydrogen-bond donors (Lipinski definition) is 0. The molecule has 0 aromatic heterocycles. The summed E-state index contributed by atoms with van der Waals surface area (Å²) >= 11 is 1.45. The summed E-state index contributed by atoms with van der Waals surface area (Å²) in [6.07, 6.45) is 5.55. The fourth-order valence-electron chi connectivity index (χ4n) is 0.636. The van der Waals surface area contributed by atoms with Gasteiger partial charge in [0.25, 0.3) is 0 Å². The zero-order chi connectivity index (χ0) is 7.40. The van der Waals surface area contributed by atoms with E-state index in [4.69, 9.17) is 0 Å². The third kappa shape index (κ3) is 1.64. The minimum Gasteiger partial charge on any atom is -0.468 e. The monoisotopic (exact) mass is 156 g/mol. The Morgan fingerprint density at radius 3 is 2.90 bits per heavy atom. The maximum absolute atomic E-state index is 10.8. The van der Waals surface area contributed by atoms with Crippen molar-refractivity contribution >= 4 is 17.7 Å². The first kappa shape index (κ1) is 7.41. The van der Waals surface area contributed by atoms with Gasteiger partial charge in [0, 0.05) is 0 Å². The third-order valence-corrected chi connectivity index (χ3v) is 2.09. The number of rotatable bonds is 1. The number of methoxy groups -OCH3 is 1. The van der Waals surface area contributed by atoms with Crippen molar-refractivity contribution in [1.82, 2.24) is 0 Å². The van der Waals surface area contributed by atoms with Crippen LogP contribution in [0.1, 0.15) is 0 Å². The summed E-state index contributed by atoms with van der Waals surface area (Å²) in [6, 6.07) is 0. The van der Waals surface area contributed by atoms with Gasteiger partial charge < -0.3 is 4.74 Å². The maximum atomic E-state index is 10.8. The number of thioether (sulfide) groups is 1. The van der Waals surface area contributed by atoms with E-state index in [0.717, 1.165) is 0 Å². The number of allylic oxidation sites excluding steroid dienone is 2. The molecule has 0 aliphatic carbocycles. The van der Waals surface area contributed by atoms with E-state index < -0.39 is 0 Å². The van der Waals surface area contributed by atoms with Crippen LogP contribution >= 0.6 is 11.8 Å². The molecule has 0 aromatic rings. The van der Waals surface area contributed by atoms with Gasteiger partial charge in [-0.15, -0.1) is 11.8 Å². The highest BCUT2D eigenvalue weighted by Crippen LogP contribution is 2.18. The second-order valence-electron chi connectivity index (χ2n) is 1.79. The maximum Gasteiger partial charge on any atom is 0.323 e. The highest BCUT2D eigenvalue weighted by Gasteiger charge is 2.15. The Balaban J connectivity index is 2.51. The van der Waals surface area contributed by atoms with Crippen LogP contribution in [0.25, 0.3) is 0 Å². The first-order valence-electron chi connectivity index (χ1n) is 2.91. The van der Waals surface area contributed by atoms with Crippen molar-refractivity contribution < 1.29 is 9.53 Å². The lowest BCUT2D eigenvalue weighted by molar-refractivity contribution is -0.139. The standard InChI is InChI=1S/C7H8O2S/c1-9-7(8)6-4-2-3-5-10-6/h2-6H,1H3. The number of carbonyl (C=O) groups excluding carboxylic acids is 1. The lowest BCUT2D eigenvalue weighted by Crippen LogP contribution is -2.16. The van der Waals surface area contributed by atoms with Gasteiger partial charge >= 0.3 is 5.97 Å². The van der Waals surface area contributed by atoms with Crippen LogP contribution in [0.2, 0.25) is 0 Å². The lowest BCUT2D eigenvalue weighted by Gasteiger charge is -2.08. The van der Waals surface area contributed by atoms with E-state index in [-0.39, 0.29) is 11.2 Å². The van der Waals surface area contributed by atoms with Gasteiger partial charge in [-0.3, -0.25) is 4.79 Å². The van der Waals surface area contributed by atoms with Gasteiger partial charge in [0.05, 0.1) is 7.11 Å². The molecule has 54 valence electrons. The van der Waals surface area contributed by atoms with Gasteiger partial charge in [0.15, 0.2) is 0 Å². The van der Waals surface area contributed by atoms with Crippen LogP contribution < -0.4 is 0 Å². The SMILES string of the molecule is COC(=O)C1C=CC=CS1. The largest absolute Gasteiger partial charge is 0.468 e. The Hall–Kier alpha value is -0.700. The van der Waals surface area contributed by atoms with Crippen molar-refractivity contribution in [2.45, 2.75) is 5.25 Å². The molecule has 1 rings (SSSR count). The topological polar surface area (TPSA) is 26.3 Å². The van der Waals surface area contributed by atoms with Crippen molar-refractivity contribution in [3.8, 4) is 0 Å². The molecule has 0 fully saturated rings. The zero-order valence-electron chi connectivity index (χ0n) is 5.61. The normalized spacial score (nSPS) is 22.7. The molecule has 0 radical (unpaired) electrons. The molecular formula is C7H8O2S. The first-order chi connectivity index (χ1) is 4.84. The second-order valence-corrected chi connectivity index (χ2v) is 2.85. The molecule has 1 heterocycles. The molecule has 2 nitrogen and oxygen atoms in total. The predicted octanol–water partition coefficient (Wildman–Crippen LogP) is 1.34. The highest BCUT2D eigenvalue weighted by molar-refractivity contribution is 8.03. The van der Waals surface area contributed by atoms with E-state index in [9.17, 15) is 4.79 Å². The molecule has 1 atom stereocenters. The summed E-state index contributed by atoms with van der Waals surface area (Å²) in [4.78, 5) is 10.8. The molecule has 0 aromatic carbocycles. The van der Waals surface area contributed by atoms with Gasteiger partial charge in [-0.2, -0.15) is 0 Å². The molecule has 1 aliphatic heterocycles. The molecule has 0 N–H and O–H groups in total. The fraction of sp³-hybridized carbons (Fsp3) is 0.286. The molecule has 0 saturated heterocycles. The van der Waals surface area contributed by atoms with Crippen molar-refractivity contribution in [3.05, 3.63) is 23.6 Å². The summed E-state index contributed by atoms with van der Waals surface area (Å²) < 4.78 is 4.54. The number of hydrogen-bond acceptors (Lipinski definition) is 3. The van der Waals surface area contributed by atoms with E-state index in [0.29, 0.717) is 0 Å². The summed E-state index contributed by atoms with van der Waals surface area (Å²) in [5, 5.41) is 1.73. The molecule has 1 aliphatic rings. The van der Waals surface area contributed by atoms with E-state index in [1.807, 2.05) is 23.6 Å². The highest BCUT2D eigenvalue weighted by atomic mass is 32.2. The van der Waals surface area contributed by atoms with Crippen LogP contribution in [0.4, 0.5) is 0 Å². The summed E-state index contributed by atoms with van der Waals surface area (Å²) in [6.45, 7) is 0. The molecule has 0 amide bonds. The van der Waals surface area contributed by atoms with E-state index in [2.05, 4.69) is 4.74 Å². The van der Waals surface area contributed by atoms with E-state index in [1.165, 1.54) is 18.9 Å². The molecule has 0 saturated carbocycles. The number of carbonyl (C=O) groups is 1. The van der Waals surface area contributed by atoms with Crippen molar-refractivity contribution in [3.63, 3.8) is 0 Å². The van der Waals surface area contributed by atoms with Gasteiger partial charge in [-0.1, -0.05) is 18.2 Å². The smallest absolute Gasteiger partial charge is 0.323 e. The Morgan fingerprint density at radius 2 is 2.40 bits per heavy atom. The lowest BCUT2D eigenvalue weighted by atomic mass is 10.3. The number of esters is 1. The van der Waals surface area contributed by atoms with Crippen molar-refractivity contribution in [2.75, 3.05) is 7.11 Å². The van der Waals surface area contributed by atoms with Crippen LogP contribution in [0, 0.1) is 0 Å². The Kier molecular flexibility index (Phi) is 2.57. The minimum atomic E-state index is -0.189. The van der Waals surface area contributed by atoms with Crippen LogP contribution in [-0.4, -0.2) is 18.3 Å². The molecule has 3 heteroatoms. The number of ether oxygens (including phenoxy) is 1. The Labute approximate surface area is 63.9 Å². The third-order valence-electron chi connectivity index (χ3n) is 1.13.